The van der Waals surface area contributed by atoms with Crippen LogP contribution in [0.5, 0.6) is 5.75 Å². The molecule has 0 bridgehead atoms. The first-order valence-corrected chi connectivity index (χ1v) is 6.44. The van der Waals surface area contributed by atoms with E-state index in [9.17, 15) is 0 Å². The van der Waals surface area contributed by atoms with Gasteiger partial charge in [-0.15, -0.1) is 0 Å². The molecule has 90 valence electrons. The fraction of sp³-hybridized carbons (Fsp3) is 0.538. The summed E-state index contributed by atoms with van der Waals surface area (Å²) in [7, 11) is 1.69. The lowest BCUT2D eigenvalue weighted by molar-refractivity contribution is 0.409. The number of methoxy groups -OCH3 is 1. The molecule has 1 aromatic rings. The molecular weight excluding hydrogens is 218 g/mol. The van der Waals surface area contributed by atoms with Gasteiger partial charge in [-0.3, -0.25) is 0 Å². The zero-order valence-corrected chi connectivity index (χ0v) is 11.4. The van der Waals surface area contributed by atoms with E-state index in [4.69, 9.17) is 10.5 Å². The lowest BCUT2D eigenvalue weighted by Gasteiger charge is -2.18. The average molecular weight is 239 g/mol. The summed E-state index contributed by atoms with van der Waals surface area (Å²) in [6, 6.07) is 6.27. The van der Waals surface area contributed by atoms with Crippen LogP contribution in [0.15, 0.2) is 18.2 Å². The summed E-state index contributed by atoms with van der Waals surface area (Å²) in [4.78, 5) is 0. The summed E-state index contributed by atoms with van der Waals surface area (Å²) < 4.78 is 5.61. The third-order valence-corrected chi connectivity index (χ3v) is 3.59. The van der Waals surface area contributed by atoms with E-state index in [2.05, 4.69) is 39.0 Å². The van der Waals surface area contributed by atoms with Crippen LogP contribution in [0.3, 0.4) is 0 Å². The maximum absolute atomic E-state index is 5.63. The first-order chi connectivity index (χ1) is 7.46. The van der Waals surface area contributed by atoms with Crippen molar-refractivity contribution < 1.29 is 4.74 Å². The highest BCUT2D eigenvalue weighted by Crippen LogP contribution is 2.29. The van der Waals surface area contributed by atoms with E-state index in [0.29, 0.717) is 11.3 Å². The normalized spacial score (nSPS) is 11.6. The van der Waals surface area contributed by atoms with Gasteiger partial charge in [0.2, 0.25) is 0 Å². The fourth-order valence-electron chi connectivity index (χ4n) is 1.35. The van der Waals surface area contributed by atoms with Gasteiger partial charge in [0.05, 0.1) is 7.11 Å². The van der Waals surface area contributed by atoms with E-state index < -0.39 is 0 Å². The minimum Gasteiger partial charge on any atom is -0.496 e. The van der Waals surface area contributed by atoms with Crippen molar-refractivity contribution in [1.29, 1.82) is 0 Å². The SMILES string of the molecule is COc1cc(CSC(C)(C)C)ccc1CN. The van der Waals surface area contributed by atoms with Crippen LogP contribution in [-0.2, 0) is 12.3 Å². The molecule has 1 aromatic carbocycles. The largest absolute Gasteiger partial charge is 0.496 e. The monoisotopic (exact) mass is 239 g/mol. The summed E-state index contributed by atoms with van der Waals surface area (Å²) in [6.07, 6.45) is 0. The Morgan fingerprint density at radius 2 is 2.00 bits per heavy atom. The van der Waals surface area contributed by atoms with Crippen LogP contribution in [-0.4, -0.2) is 11.9 Å². The Hall–Kier alpha value is -0.670. The molecule has 0 aliphatic rings. The molecule has 0 saturated heterocycles. The molecule has 2 nitrogen and oxygen atoms in total. The first kappa shape index (κ1) is 13.4. The van der Waals surface area contributed by atoms with Crippen molar-refractivity contribution in [3.05, 3.63) is 29.3 Å². The topological polar surface area (TPSA) is 35.2 Å². The summed E-state index contributed by atoms with van der Waals surface area (Å²) in [5.74, 6) is 1.90. The number of hydrogen-bond acceptors (Lipinski definition) is 3. The molecular formula is C13H21NOS. The quantitative estimate of drug-likeness (QED) is 0.876. The van der Waals surface area contributed by atoms with Gasteiger partial charge in [0.15, 0.2) is 0 Å². The summed E-state index contributed by atoms with van der Waals surface area (Å²) in [5.41, 5.74) is 7.98. The highest BCUT2D eigenvalue weighted by molar-refractivity contribution is 7.99. The molecule has 2 N–H and O–H groups in total. The molecule has 3 heteroatoms. The standard InChI is InChI=1S/C13H21NOS/c1-13(2,3)16-9-10-5-6-11(8-14)12(7-10)15-4/h5-7H,8-9,14H2,1-4H3. The van der Waals surface area contributed by atoms with E-state index in [0.717, 1.165) is 17.1 Å². The van der Waals surface area contributed by atoms with Gasteiger partial charge in [0, 0.05) is 22.6 Å². The van der Waals surface area contributed by atoms with Gasteiger partial charge in [0.25, 0.3) is 0 Å². The van der Waals surface area contributed by atoms with E-state index in [1.165, 1.54) is 5.56 Å². The number of thioether (sulfide) groups is 1. The van der Waals surface area contributed by atoms with Crippen molar-refractivity contribution in [2.75, 3.05) is 7.11 Å². The van der Waals surface area contributed by atoms with Gasteiger partial charge in [-0.05, 0) is 11.6 Å². The van der Waals surface area contributed by atoms with Crippen LogP contribution >= 0.6 is 11.8 Å². The van der Waals surface area contributed by atoms with Crippen LogP contribution in [0.2, 0.25) is 0 Å². The van der Waals surface area contributed by atoms with Crippen molar-refractivity contribution in [2.45, 2.75) is 37.8 Å². The maximum Gasteiger partial charge on any atom is 0.123 e. The van der Waals surface area contributed by atoms with Crippen molar-refractivity contribution in [3.8, 4) is 5.75 Å². The Morgan fingerprint density at radius 3 is 2.50 bits per heavy atom. The van der Waals surface area contributed by atoms with Crippen LogP contribution in [0, 0.1) is 0 Å². The lowest BCUT2D eigenvalue weighted by Crippen LogP contribution is -2.07. The average Bonchev–Trinajstić information content (AvgIpc) is 2.25. The molecule has 0 heterocycles. The fourth-order valence-corrected chi connectivity index (χ4v) is 2.13. The molecule has 0 radical (unpaired) electrons. The number of ether oxygens (including phenoxy) is 1. The Balaban J connectivity index is 2.75. The molecule has 0 atom stereocenters. The minimum absolute atomic E-state index is 0.291. The number of benzene rings is 1. The Kier molecular flexibility index (Phi) is 4.69. The van der Waals surface area contributed by atoms with Gasteiger partial charge < -0.3 is 10.5 Å². The Labute approximate surface area is 103 Å². The zero-order chi connectivity index (χ0) is 12.2. The third-order valence-electron chi connectivity index (χ3n) is 2.24. The molecule has 16 heavy (non-hydrogen) atoms. The van der Waals surface area contributed by atoms with E-state index in [1.54, 1.807) is 7.11 Å². The first-order valence-electron chi connectivity index (χ1n) is 5.46. The van der Waals surface area contributed by atoms with Crippen molar-refractivity contribution in [1.82, 2.24) is 0 Å². The molecule has 0 aromatic heterocycles. The number of nitrogens with two attached hydrogens (primary N) is 1. The maximum atomic E-state index is 5.63. The van der Waals surface area contributed by atoms with Gasteiger partial charge in [0.1, 0.15) is 5.75 Å². The van der Waals surface area contributed by atoms with Crippen molar-refractivity contribution in [2.24, 2.45) is 5.73 Å². The zero-order valence-electron chi connectivity index (χ0n) is 10.5. The van der Waals surface area contributed by atoms with E-state index in [-0.39, 0.29) is 0 Å². The second-order valence-corrected chi connectivity index (χ2v) is 6.55. The second kappa shape index (κ2) is 5.60. The van der Waals surface area contributed by atoms with Gasteiger partial charge in [-0.25, -0.2) is 0 Å². The van der Waals surface area contributed by atoms with Gasteiger partial charge >= 0.3 is 0 Å². The van der Waals surface area contributed by atoms with Crippen LogP contribution in [0.25, 0.3) is 0 Å². The van der Waals surface area contributed by atoms with E-state index >= 15 is 0 Å². The van der Waals surface area contributed by atoms with Crippen LogP contribution in [0.4, 0.5) is 0 Å². The molecule has 0 aliphatic heterocycles. The van der Waals surface area contributed by atoms with Crippen LogP contribution in [0.1, 0.15) is 31.9 Å². The predicted octanol–water partition coefficient (Wildman–Crippen LogP) is 3.19. The molecule has 0 amide bonds. The van der Waals surface area contributed by atoms with Gasteiger partial charge in [-0.2, -0.15) is 11.8 Å². The second-order valence-electron chi connectivity index (χ2n) is 4.75. The van der Waals surface area contributed by atoms with Crippen LogP contribution < -0.4 is 10.5 Å². The minimum atomic E-state index is 0.291. The lowest BCUT2D eigenvalue weighted by atomic mass is 10.1. The summed E-state index contributed by atoms with van der Waals surface area (Å²) in [5, 5.41) is 0. The molecule has 0 unspecified atom stereocenters. The highest BCUT2D eigenvalue weighted by Gasteiger charge is 2.11. The molecule has 0 spiro atoms. The van der Waals surface area contributed by atoms with Gasteiger partial charge in [-0.1, -0.05) is 32.9 Å². The molecule has 0 fully saturated rings. The molecule has 0 aliphatic carbocycles. The predicted molar refractivity (Wildman–Crippen MR) is 71.9 cm³/mol. The summed E-state index contributed by atoms with van der Waals surface area (Å²) in [6.45, 7) is 7.20. The highest BCUT2D eigenvalue weighted by atomic mass is 32.2. The molecule has 0 saturated carbocycles. The Morgan fingerprint density at radius 1 is 1.31 bits per heavy atom. The Bertz CT molecular complexity index is 344. The number of hydrogen-bond donors (Lipinski definition) is 1. The van der Waals surface area contributed by atoms with Crippen molar-refractivity contribution in [3.63, 3.8) is 0 Å². The summed E-state index contributed by atoms with van der Waals surface area (Å²) >= 11 is 1.93. The van der Waals surface area contributed by atoms with Crippen molar-refractivity contribution >= 4 is 11.8 Å². The number of rotatable bonds is 4. The molecule has 1 rings (SSSR count). The van der Waals surface area contributed by atoms with E-state index in [1.807, 2.05) is 11.8 Å². The third kappa shape index (κ3) is 4.06. The smallest absolute Gasteiger partial charge is 0.123 e.